The maximum atomic E-state index is 12.2. The van der Waals surface area contributed by atoms with Crippen molar-refractivity contribution >= 4 is 5.91 Å². The van der Waals surface area contributed by atoms with Gasteiger partial charge in [0.1, 0.15) is 0 Å². The molecule has 0 bridgehead atoms. The summed E-state index contributed by atoms with van der Waals surface area (Å²) in [5.41, 5.74) is 2.60. The first-order valence-electron chi connectivity index (χ1n) is 8.79. The predicted molar refractivity (Wildman–Crippen MR) is 97.8 cm³/mol. The van der Waals surface area contributed by atoms with Crippen molar-refractivity contribution in [3.05, 3.63) is 48.4 Å². The summed E-state index contributed by atoms with van der Waals surface area (Å²) in [5.74, 6) is -0.0560. The summed E-state index contributed by atoms with van der Waals surface area (Å²) in [7, 11) is 0. The molecule has 1 fully saturated rings. The van der Waals surface area contributed by atoms with Crippen LogP contribution in [-0.4, -0.2) is 40.2 Å². The minimum absolute atomic E-state index is 0.0560. The molecule has 1 saturated heterocycles. The number of aliphatic hydroxyl groups excluding tert-OH is 1. The molecule has 25 heavy (non-hydrogen) atoms. The van der Waals surface area contributed by atoms with E-state index in [1.165, 1.54) is 0 Å². The molecule has 2 aromatic rings. The smallest absolute Gasteiger partial charge is 0.237 e. The van der Waals surface area contributed by atoms with Crippen molar-refractivity contribution in [1.82, 2.24) is 20.6 Å². The van der Waals surface area contributed by atoms with Gasteiger partial charge in [-0.25, -0.2) is 0 Å². The lowest BCUT2D eigenvalue weighted by Crippen LogP contribution is -2.42. The second-order valence-corrected chi connectivity index (χ2v) is 5.61. The van der Waals surface area contributed by atoms with Gasteiger partial charge in [0.05, 0.1) is 30.6 Å². The molecule has 6 heteroatoms. The topological polar surface area (TPSA) is 87.1 Å². The summed E-state index contributed by atoms with van der Waals surface area (Å²) in [6.07, 6.45) is 6.83. The minimum atomic E-state index is -0.402. The van der Waals surface area contributed by atoms with Crippen molar-refractivity contribution in [2.24, 2.45) is 0 Å². The molecule has 0 saturated carbocycles. The van der Waals surface area contributed by atoms with Crippen LogP contribution in [0.2, 0.25) is 0 Å². The van der Waals surface area contributed by atoms with Crippen molar-refractivity contribution in [3.63, 3.8) is 0 Å². The van der Waals surface area contributed by atoms with Crippen LogP contribution >= 0.6 is 0 Å². The van der Waals surface area contributed by atoms with Crippen LogP contribution < -0.4 is 10.6 Å². The molecule has 3 N–H and O–H groups in total. The van der Waals surface area contributed by atoms with Crippen molar-refractivity contribution in [3.8, 4) is 11.3 Å². The third-order valence-electron chi connectivity index (χ3n) is 4.05. The Bertz CT molecular complexity index is 640. The van der Waals surface area contributed by atoms with Gasteiger partial charge in [-0.3, -0.25) is 14.8 Å². The van der Waals surface area contributed by atoms with Gasteiger partial charge in [-0.2, -0.15) is 0 Å². The van der Waals surface area contributed by atoms with Gasteiger partial charge in [-0.15, -0.1) is 0 Å². The number of hydrogen-bond acceptors (Lipinski definition) is 5. The molecular weight excluding hydrogens is 316 g/mol. The average Bonchev–Trinajstić information content (AvgIpc) is 3.23. The normalized spacial score (nSPS) is 17.3. The van der Waals surface area contributed by atoms with E-state index in [2.05, 4.69) is 20.6 Å². The Kier molecular flexibility index (Phi) is 7.50. The maximum Gasteiger partial charge on any atom is 0.237 e. The quantitative estimate of drug-likeness (QED) is 0.774. The molecule has 6 nitrogen and oxygen atoms in total. The Labute approximate surface area is 148 Å². The van der Waals surface area contributed by atoms with E-state index in [1.54, 1.807) is 18.6 Å². The Hall–Kier alpha value is -2.31. The van der Waals surface area contributed by atoms with Crippen LogP contribution in [0.3, 0.4) is 0 Å². The molecule has 2 atom stereocenters. The van der Waals surface area contributed by atoms with Gasteiger partial charge < -0.3 is 15.7 Å². The zero-order valence-corrected chi connectivity index (χ0v) is 14.8. The summed E-state index contributed by atoms with van der Waals surface area (Å²) in [4.78, 5) is 20.5. The second kappa shape index (κ2) is 9.86. The van der Waals surface area contributed by atoms with E-state index in [1.807, 2.05) is 38.1 Å². The number of amides is 1. The molecule has 1 aliphatic rings. The van der Waals surface area contributed by atoms with Gasteiger partial charge in [-0.1, -0.05) is 38.1 Å². The highest BCUT2D eigenvalue weighted by Crippen LogP contribution is 2.20. The number of aliphatic hydroxyl groups is 1. The highest BCUT2D eigenvalue weighted by Gasteiger charge is 2.24. The highest BCUT2D eigenvalue weighted by molar-refractivity contribution is 5.82. The largest absolute Gasteiger partial charge is 0.394 e. The third-order valence-corrected chi connectivity index (χ3v) is 4.05. The fourth-order valence-corrected chi connectivity index (χ4v) is 2.75. The zero-order valence-electron chi connectivity index (χ0n) is 14.8. The van der Waals surface area contributed by atoms with E-state index in [9.17, 15) is 9.90 Å². The van der Waals surface area contributed by atoms with Crippen molar-refractivity contribution in [1.29, 1.82) is 0 Å². The predicted octanol–water partition coefficient (Wildman–Crippen LogP) is 2.07. The second-order valence-electron chi connectivity index (χ2n) is 5.61. The number of nitrogens with zero attached hydrogens (tertiary/aromatic N) is 2. The Balaban J connectivity index is 0.00000109. The van der Waals surface area contributed by atoms with Crippen LogP contribution in [0.5, 0.6) is 0 Å². The number of carbonyl (C=O) groups excluding carboxylic acids is 1. The third kappa shape index (κ3) is 5.08. The fraction of sp³-hybridized carbons (Fsp3) is 0.421. The number of nitrogens with one attached hydrogen (secondary N) is 2. The van der Waals surface area contributed by atoms with E-state index in [0.29, 0.717) is 0 Å². The minimum Gasteiger partial charge on any atom is -0.394 e. The Morgan fingerprint density at radius 3 is 2.64 bits per heavy atom. The van der Waals surface area contributed by atoms with Gasteiger partial charge in [0.15, 0.2) is 0 Å². The van der Waals surface area contributed by atoms with E-state index in [-0.39, 0.29) is 18.6 Å². The van der Waals surface area contributed by atoms with Gasteiger partial charge in [-0.05, 0) is 24.9 Å². The lowest BCUT2D eigenvalue weighted by molar-refractivity contribution is -0.123. The number of benzene rings is 1. The van der Waals surface area contributed by atoms with Gasteiger partial charge in [0.2, 0.25) is 5.91 Å². The molecule has 2 heterocycles. The summed E-state index contributed by atoms with van der Waals surface area (Å²) >= 11 is 0. The molecule has 1 aromatic heterocycles. The summed E-state index contributed by atoms with van der Waals surface area (Å²) in [5, 5.41) is 15.7. The van der Waals surface area contributed by atoms with Crippen molar-refractivity contribution in [2.45, 2.75) is 38.8 Å². The maximum absolute atomic E-state index is 12.2. The highest BCUT2D eigenvalue weighted by atomic mass is 16.3. The van der Waals surface area contributed by atoms with E-state index in [4.69, 9.17) is 0 Å². The molecule has 1 aromatic carbocycles. The standard InChI is InChI=1S/C17H20N4O2.C2H6/c22-11-16(21-17(23)14-2-1-7-19-14)13-5-3-12(4-6-13)15-10-18-8-9-20-15;1-2/h3-6,8-10,14,16,19,22H,1-2,7,11H2,(H,21,23);1-2H3. The zero-order chi connectivity index (χ0) is 18.1. The number of rotatable bonds is 5. The van der Waals surface area contributed by atoms with Crippen molar-refractivity contribution in [2.75, 3.05) is 13.2 Å². The van der Waals surface area contributed by atoms with Gasteiger partial charge >= 0.3 is 0 Å². The van der Waals surface area contributed by atoms with Crippen LogP contribution in [-0.2, 0) is 4.79 Å². The fourth-order valence-electron chi connectivity index (χ4n) is 2.75. The molecule has 0 spiro atoms. The van der Waals surface area contributed by atoms with Crippen LogP contribution in [0, 0.1) is 0 Å². The Morgan fingerprint density at radius 2 is 2.08 bits per heavy atom. The first-order valence-corrected chi connectivity index (χ1v) is 8.79. The molecule has 1 amide bonds. The van der Waals surface area contributed by atoms with E-state index >= 15 is 0 Å². The molecular formula is C19H26N4O2. The summed E-state index contributed by atoms with van der Waals surface area (Å²) < 4.78 is 0. The molecule has 134 valence electrons. The van der Waals surface area contributed by atoms with Crippen molar-refractivity contribution < 1.29 is 9.90 Å². The molecule has 0 radical (unpaired) electrons. The molecule has 2 unspecified atom stereocenters. The summed E-state index contributed by atoms with van der Waals surface area (Å²) in [6, 6.07) is 7.08. The Morgan fingerprint density at radius 1 is 1.32 bits per heavy atom. The van der Waals surface area contributed by atoms with E-state index < -0.39 is 6.04 Å². The number of carbonyl (C=O) groups is 1. The molecule has 0 aliphatic carbocycles. The number of hydrogen-bond donors (Lipinski definition) is 3. The average molecular weight is 342 g/mol. The van der Waals surface area contributed by atoms with Crippen LogP contribution in [0.1, 0.15) is 38.3 Å². The first kappa shape index (κ1) is 19.0. The monoisotopic (exact) mass is 342 g/mol. The van der Waals surface area contributed by atoms with Gasteiger partial charge in [0.25, 0.3) is 0 Å². The molecule has 3 rings (SSSR count). The van der Waals surface area contributed by atoms with Crippen LogP contribution in [0.4, 0.5) is 0 Å². The lowest BCUT2D eigenvalue weighted by atomic mass is 10.0. The van der Waals surface area contributed by atoms with Crippen LogP contribution in [0.25, 0.3) is 11.3 Å². The number of aromatic nitrogens is 2. The van der Waals surface area contributed by atoms with Gasteiger partial charge in [0, 0.05) is 18.0 Å². The van der Waals surface area contributed by atoms with E-state index in [0.717, 1.165) is 36.2 Å². The SMILES string of the molecule is CC.O=C(NC(CO)c1ccc(-c2cnccn2)cc1)C1CCCN1. The summed E-state index contributed by atoms with van der Waals surface area (Å²) in [6.45, 7) is 4.73. The van der Waals surface area contributed by atoms with Crippen LogP contribution in [0.15, 0.2) is 42.9 Å². The first-order chi connectivity index (χ1) is 12.3. The molecule has 1 aliphatic heterocycles. The lowest BCUT2D eigenvalue weighted by Gasteiger charge is -2.19.